The molecule has 1 atom stereocenters. The van der Waals surface area contributed by atoms with E-state index in [4.69, 9.17) is 20.6 Å². The molecule has 3 nitrogen and oxygen atoms in total. The molecule has 0 amide bonds. The first-order valence-corrected chi connectivity index (χ1v) is 6.88. The highest BCUT2D eigenvalue weighted by Crippen LogP contribution is 2.57. The summed E-state index contributed by atoms with van der Waals surface area (Å²) in [7, 11) is -0.532. The summed E-state index contributed by atoms with van der Waals surface area (Å²) in [5, 5.41) is -0.720. The first kappa shape index (κ1) is 13.5. The van der Waals surface area contributed by atoms with E-state index < -0.39 is 12.7 Å². The number of rotatable bonds is 5. The zero-order chi connectivity index (χ0) is 10.5. The lowest BCUT2D eigenvalue weighted by molar-refractivity contribution is 0.276. The Hall–Kier alpha value is 0.530. The Balaban J connectivity index is 4.74. The molecule has 0 aromatic heterocycles. The van der Waals surface area contributed by atoms with Gasteiger partial charge in [0.25, 0.3) is 0 Å². The third kappa shape index (κ3) is 3.30. The van der Waals surface area contributed by atoms with Crippen molar-refractivity contribution in [1.82, 2.24) is 0 Å². The van der Waals surface area contributed by atoms with Crippen LogP contribution in [0.1, 0.15) is 6.92 Å². The van der Waals surface area contributed by atoms with Gasteiger partial charge in [0, 0.05) is 19.1 Å². The summed E-state index contributed by atoms with van der Waals surface area (Å²) in [6, 6.07) is 0. The number of allylic oxidation sites excluding steroid dienone is 2. The average molecular weight is 245 g/mol. The fourth-order valence-electron chi connectivity index (χ4n) is 0.768. The standard InChI is InChI=1S/C7H14ClO3PS/c1-5-6(13-4)7(8)12(9,10-2)11-3/h5,7H,1-4H3. The average Bonchev–Trinajstić information content (AvgIpc) is 2.18. The molecule has 0 saturated heterocycles. The van der Waals surface area contributed by atoms with Gasteiger partial charge in [-0.2, -0.15) is 0 Å². The van der Waals surface area contributed by atoms with Crippen molar-refractivity contribution in [3.05, 3.63) is 11.0 Å². The summed E-state index contributed by atoms with van der Waals surface area (Å²) in [6.07, 6.45) is 3.66. The van der Waals surface area contributed by atoms with Crippen molar-refractivity contribution in [2.75, 3.05) is 20.5 Å². The van der Waals surface area contributed by atoms with E-state index in [1.54, 1.807) is 6.08 Å². The van der Waals surface area contributed by atoms with Gasteiger partial charge in [-0.1, -0.05) is 6.08 Å². The molecule has 0 saturated carbocycles. The first-order chi connectivity index (χ1) is 6.05. The molecule has 0 radical (unpaired) electrons. The summed E-state index contributed by atoms with van der Waals surface area (Å²) < 4.78 is 21.3. The Labute approximate surface area is 88.4 Å². The SMILES string of the molecule is CC=C(SC)C(Cl)P(=O)(OC)OC. The number of hydrogen-bond acceptors (Lipinski definition) is 4. The lowest BCUT2D eigenvalue weighted by Crippen LogP contribution is -2.05. The van der Waals surface area contributed by atoms with Crippen LogP contribution in [0.4, 0.5) is 0 Å². The monoisotopic (exact) mass is 244 g/mol. The zero-order valence-corrected chi connectivity index (χ0v) is 10.6. The third-order valence-electron chi connectivity index (χ3n) is 1.54. The molecule has 78 valence electrons. The minimum absolute atomic E-state index is 0.720. The molecule has 6 heteroatoms. The second-order valence-electron chi connectivity index (χ2n) is 2.14. The van der Waals surface area contributed by atoms with Crippen molar-refractivity contribution in [1.29, 1.82) is 0 Å². The zero-order valence-electron chi connectivity index (χ0n) is 8.11. The van der Waals surface area contributed by atoms with Gasteiger partial charge in [-0.25, -0.2) is 0 Å². The Morgan fingerprint density at radius 3 is 2.23 bits per heavy atom. The second-order valence-corrected chi connectivity index (χ2v) is 6.08. The molecule has 0 aliphatic heterocycles. The predicted molar refractivity (Wildman–Crippen MR) is 58.5 cm³/mol. The molecular weight excluding hydrogens is 231 g/mol. The van der Waals surface area contributed by atoms with E-state index in [1.807, 2.05) is 13.2 Å². The van der Waals surface area contributed by atoms with Crippen LogP contribution in [0.15, 0.2) is 11.0 Å². The number of halogens is 1. The van der Waals surface area contributed by atoms with Crippen LogP contribution < -0.4 is 0 Å². The highest BCUT2D eigenvalue weighted by molar-refractivity contribution is 8.02. The molecular formula is C7H14ClO3PS. The maximum atomic E-state index is 11.8. The lowest BCUT2D eigenvalue weighted by atomic mass is 10.6. The highest BCUT2D eigenvalue weighted by atomic mass is 35.5. The fraction of sp³-hybridized carbons (Fsp3) is 0.714. The topological polar surface area (TPSA) is 35.5 Å². The van der Waals surface area contributed by atoms with Crippen LogP contribution in [0.3, 0.4) is 0 Å². The molecule has 0 spiro atoms. The van der Waals surface area contributed by atoms with Crippen molar-refractivity contribution in [2.45, 2.75) is 12.0 Å². The van der Waals surface area contributed by atoms with E-state index in [1.165, 1.54) is 26.0 Å². The Morgan fingerprint density at radius 1 is 1.54 bits per heavy atom. The summed E-state index contributed by atoms with van der Waals surface area (Å²) in [5.41, 5.74) is 0. The van der Waals surface area contributed by atoms with E-state index >= 15 is 0 Å². The molecule has 0 heterocycles. The Morgan fingerprint density at radius 2 is 2.00 bits per heavy atom. The number of hydrogen-bond donors (Lipinski definition) is 0. The minimum atomic E-state index is -3.19. The van der Waals surface area contributed by atoms with E-state index in [9.17, 15) is 4.57 Å². The highest BCUT2D eigenvalue weighted by Gasteiger charge is 2.34. The van der Waals surface area contributed by atoms with Gasteiger partial charge in [-0.3, -0.25) is 4.57 Å². The van der Waals surface area contributed by atoms with Crippen molar-refractivity contribution in [2.24, 2.45) is 0 Å². The van der Waals surface area contributed by atoms with E-state index in [0.717, 1.165) is 4.91 Å². The molecule has 0 bridgehead atoms. The van der Waals surface area contributed by atoms with Crippen LogP contribution in [0.2, 0.25) is 0 Å². The molecule has 13 heavy (non-hydrogen) atoms. The smallest absolute Gasteiger partial charge is 0.311 e. The van der Waals surface area contributed by atoms with Gasteiger partial charge in [0.2, 0.25) is 0 Å². The lowest BCUT2D eigenvalue weighted by Gasteiger charge is -2.20. The maximum absolute atomic E-state index is 11.8. The maximum Gasteiger partial charge on any atom is 0.352 e. The van der Waals surface area contributed by atoms with Gasteiger partial charge < -0.3 is 9.05 Å². The molecule has 0 N–H and O–H groups in total. The summed E-state index contributed by atoms with van der Waals surface area (Å²) in [5.74, 6) is 0. The summed E-state index contributed by atoms with van der Waals surface area (Å²) >= 11 is 7.38. The van der Waals surface area contributed by atoms with Crippen LogP contribution in [0.25, 0.3) is 0 Å². The molecule has 1 unspecified atom stereocenters. The van der Waals surface area contributed by atoms with Crippen molar-refractivity contribution in [3.8, 4) is 0 Å². The largest absolute Gasteiger partial charge is 0.352 e. The second kappa shape index (κ2) is 6.10. The Kier molecular flexibility index (Phi) is 6.34. The van der Waals surface area contributed by atoms with Crippen LogP contribution in [0, 0.1) is 0 Å². The predicted octanol–water partition coefficient (Wildman–Crippen LogP) is 3.30. The first-order valence-electron chi connectivity index (χ1n) is 3.61. The van der Waals surface area contributed by atoms with Gasteiger partial charge in [-0.15, -0.1) is 23.4 Å². The van der Waals surface area contributed by atoms with Gasteiger partial charge in [0.15, 0.2) is 5.12 Å². The minimum Gasteiger partial charge on any atom is -0.311 e. The van der Waals surface area contributed by atoms with E-state index in [2.05, 4.69) is 0 Å². The van der Waals surface area contributed by atoms with Crippen molar-refractivity contribution >= 4 is 31.0 Å². The van der Waals surface area contributed by atoms with Crippen molar-refractivity contribution in [3.63, 3.8) is 0 Å². The molecule has 0 aromatic rings. The van der Waals surface area contributed by atoms with Crippen LogP contribution in [-0.4, -0.2) is 25.6 Å². The van der Waals surface area contributed by atoms with Crippen molar-refractivity contribution < 1.29 is 13.6 Å². The van der Waals surface area contributed by atoms with Crippen LogP contribution >= 0.6 is 31.0 Å². The number of thioether (sulfide) groups is 1. The molecule has 0 aliphatic rings. The van der Waals surface area contributed by atoms with Gasteiger partial charge >= 0.3 is 7.60 Å². The quantitative estimate of drug-likeness (QED) is 0.549. The van der Waals surface area contributed by atoms with Crippen LogP contribution in [0.5, 0.6) is 0 Å². The molecule has 0 aliphatic carbocycles. The fourth-order valence-corrected chi connectivity index (χ4v) is 3.75. The van der Waals surface area contributed by atoms with E-state index in [-0.39, 0.29) is 0 Å². The van der Waals surface area contributed by atoms with Gasteiger partial charge in [-0.05, 0) is 13.2 Å². The molecule has 0 rings (SSSR count). The molecule has 0 fully saturated rings. The number of alkyl halides is 1. The third-order valence-corrected chi connectivity index (χ3v) is 5.59. The van der Waals surface area contributed by atoms with Crippen LogP contribution in [-0.2, 0) is 13.6 Å². The Bertz CT molecular complexity index is 224. The van der Waals surface area contributed by atoms with Gasteiger partial charge in [0.05, 0.1) is 0 Å². The van der Waals surface area contributed by atoms with E-state index in [0.29, 0.717) is 0 Å². The molecule has 0 aromatic carbocycles. The normalized spacial score (nSPS) is 15.9. The summed E-state index contributed by atoms with van der Waals surface area (Å²) in [6.45, 7) is 1.83. The summed E-state index contributed by atoms with van der Waals surface area (Å²) in [4.78, 5) is 0.786. The van der Waals surface area contributed by atoms with Gasteiger partial charge in [0.1, 0.15) is 0 Å².